The van der Waals surface area contributed by atoms with Gasteiger partial charge in [0, 0.05) is 12.4 Å². The van der Waals surface area contributed by atoms with E-state index in [2.05, 4.69) is 14.9 Å². The minimum atomic E-state index is -0.503. The molecule has 21 heavy (non-hydrogen) atoms. The monoisotopic (exact) mass is 289 g/mol. The molecule has 0 bridgehead atoms. The Hall–Kier alpha value is -1.72. The molecule has 1 saturated heterocycles. The molecule has 1 fully saturated rings. The van der Waals surface area contributed by atoms with Crippen LogP contribution in [0, 0.1) is 11.7 Å². The summed E-state index contributed by atoms with van der Waals surface area (Å²) in [5, 5.41) is 10.4. The van der Waals surface area contributed by atoms with Gasteiger partial charge in [0.1, 0.15) is 11.6 Å². The number of aromatic amines is 1. The van der Waals surface area contributed by atoms with E-state index in [4.69, 9.17) is 0 Å². The lowest BCUT2D eigenvalue weighted by molar-refractivity contribution is 0.0561. The molecule has 1 aromatic carbocycles. The summed E-state index contributed by atoms with van der Waals surface area (Å²) < 4.78 is 12.9. The van der Waals surface area contributed by atoms with Crippen LogP contribution < -0.4 is 0 Å². The number of benzene rings is 1. The maximum absolute atomic E-state index is 12.9. The van der Waals surface area contributed by atoms with E-state index in [0.29, 0.717) is 0 Å². The van der Waals surface area contributed by atoms with Gasteiger partial charge in [0.05, 0.1) is 12.6 Å². The number of aliphatic hydroxyl groups excluding tert-OH is 1. The number of nitrogens with zero attached hydrogens (tertiary/aromatic N) is 2. The van der Waals surface area contributed by atoms with E-state index in [9.17, 15) is 9.50 Å². The summed E-state index contributed by atoms with van der Waals surface area (Å²) in [6, 6.07) is 6.17. The molecule has 1 aliphatic heterocycles. The lowest BCUT2D eigenvalue weighted by Crippen LogP contribution is -2.35. The van der Waals surface area contributed by atoms with Crippen molar-refractivity contribution in [3.05, 3.63) is 53.9 Å². The summed E-state index contributed by atoms with van der Waals surface area (Å²) in [6.07, 6.45) is 4.98. The number of hydrogen-bond acceptors (Lipinski definition) is 3. The van der Waals surface area contributed by atoms with Gasteiger partial charge < -0.3 is 10.1 Å². The van der Waals surface area contributed by atoms with Gasteiger partial charge in [-0.25, -0.2) is 9.37 Å². The molecule has 2 aromatic rings. The van der Waals surface area contributed by atoms with Crippen molar-refractivity contribution < 1.29 is 9.50 Å². The second-order valence-electron chi connectivity index (χ2n) is 5.65. The molecule has 3 rings (SSSR count). The number of rotatable bonds is 4. The van der Waals surface area contributed by atoms with E-state index in [1.54, 1.807) is 18.3 Å². The van der Waals surface area contributed by atoms with Gasteiger partial charge >= 0.3 is 0 Å². The van der Waals surface area contributed by atoms with Crippen LogP contribution in [0.1, 0.15) is 30.3 Å². The highest BCUT2D eigenvalue weighted by atomic mass is 19.1. The van der Waals surface area contributed by atoms with Crippen LogP contribution in [0.3, 0.4) is 0 Å². The van der Waals surface area contributed by atoms with Crippen LogP contribution in [0.4, 0.5) is 4.39 Å². The fourth-order valence-electron chi connectivity index (χ4n) is 2.96. The normalized spacial score (nSPS) is 18.8. The average molecular weight is 289 g/mol. The summed E-state index contributed by atoms with van der Waals surface area (Å²) in [5.74, 6) is 0.954. The lowest BCUT2D eigenvalue weighted by atomic mass is 9.87. The number of likely N-dealkylation sites (tertiary alicyclic amines) is 1. The van der Waals surface area contributed by atoms with Crippen molar-refractivity contribution in [2.45, 2.75) is 25.5 Å². The second-order valence-corrected chi connectivity index (χ2v) is 5.65. The molecule has 1 aliphatic rings. The largest absolute Gasteiger partial charge is 0.388 e. The first kappa shape index (κ1) is 14.2. The molecule has 0 radical (unpaired) electrons. The van der Waals surface area contributed by atoms with E-state index in [-0.39, 0.29) is 11.7 Å². The zero-order valence-electron chi connectivity index (χ0n) is 11.9. The standard InChI is InChI=1S/C16H20FN3O/c17-14-3-1-12(2-4-14)16(21)13-5-9-20(10-6-13)11-15-18-7-8-19-15/h1-4,7-8,13,16,21H,5-6,9-11H2,(H,18,19). The van der Waals surface area contributed by atoms with Crippen LogP contribution in [0.15, 0.2) is 36.7 Å². The molecule has 112 valence electrons. The fraction of sp³-hybridized carbons (Fsp3) is 0.438. The third-order valence-corrected chi connectivity index (χ3v) is 4.22. The van der Waals surface area contributed by atoms with Crippen molar-refractivity contribution in [2.75, 3.05) is 13.1 Å². The molecule has 0 saturated carbocycles. The molecule has 0 aliphatic carbocycles. The Bertz CT molecular complexity index is 547. The predicted octanol–water partition coefficient (Wildman–Crippen LogP) is 2.49. The van der Waals surface area contributed by atoms with Gasteiger partial charge in [0.25, 0.3) is 0 Å². The molecular formula is C16H20FN3O. The summed E-state index contributed by atoms with van der Waals surface area (Å²) in [6.45, 7) is 2.72. The van der Waals surface area contributed by atoms with E-state index >= 15 is 0 Å². The topological polar surface area (TPSA) is 52.1 Å². The molecule has 2 N–H and O–H groups in total. The predicted molar refractivity (Wildman–Crippen MR) is 77.9 cm³/mol. The highest BCUT2D eigenvalue weighted by molar-refractivity contribution is 5.19. The number of aliphatic hydroxyl groups is 1. The molecule has 0 spiro atoms. The SMILES string of the molecule is OC(c1ccc(F)cc1)C1CCN(Cc2ncc[nH]2)CC1. The number of piperidine rings is 1. The Morgan fingerprint density at radius 1 is 1.29 bits per heavy atom. The first-order valence-electron chi connectivity index (χ1n) is 7.36. The van der Waals surface area contributed by atoms with Crippen molar-refractivity contribution in [1.82, 2.24) is 14.9 Å². The Kier molecular flexibility index (Phi) is 4.31. The van der Waals surface area contributed by atoms with Crippen LogP contribution in [0.2, 0.25) is 0 Å². The van der Waals surface area contributed by atoms with Crippen LogP contribution in [-0.2, 0) is 6.54 Å². The van der Waals surface area contributed by atoms with Gasteiger partial charge in [-0.05, 0) is 49.5 Å². The molecule has 1 aromatic heterocycles. The Morgan fingerprint density at radius 2 is 2.00 bits per heavy atom. The maximum Gasteiger partial charge on any atom is 0.123 e. The molecule has 5 heteroatoms. The third kappa shape index (κ3) is 3.49. The van der Waals surface area contributed by atoms with E-state index in [1.165, 1.54) is 12.1 Å². The van der Waals surface area contributed by atoms with Crippen molar-refractivity contribution in [1.29, 1.82) is 0 Å². The summed E-state index contributed by atoms with van der Waals surface area (Å²) >= 11 is 0. The first-order valence-corrected chi connectivity index (χ1v) is 7.36. The van der Waals surface area contributed by atoms with Gasteiger partial charge in [-0.1, -0.05) is 12.1 Å². The van der Waals surface area contributed by atoms with Gasteiger partial charge in [0.2, 0.25) is 0 Å². The number of aromatic nitrogens is 2. The zero-order chi connectivity index (χ0) is 14.7. The Labute approximate surface area is 123 Å². The van der Waals surface area contributed by atoms with E-state index in [0.717, 1.165) is 43.9 Å². The lowest BCUT2D eigenvalue weighted by Gasteiger charge is -2.33. The van der Waals surface area contributed by atoms with Crippen LogP contribution >= 0.6 is 0 Å². The summed E-state index contributed by atoms with van der Waals surface area (Å²) in [7, 11) is 0. The summed E-state index contributed by atoms with van der Waals surface area (Å²) in [4.78, 5) is 9.69. The molecule has 2 heterocycles. The third-order valence-electron chi connectivity index (χ3n) is 4.22. The number of hydrogen-bond donors (Lipinski definition) is 2. The quantitative estimate of drug-likeness (QED) is 0.909. The van der Waals surface area contributed by atoms with Crippen molar-refractivity contribution in [2.24, 2.45) is 5.92 Å². The minimum Gasteiger partial charge on any atom is -0.388 e. The highest BCUT2D eigenvalue weighted by Gasteiger charge is 2.26. The van der Waals surface area contributed by atoms with Crippen molar-refractivity contribution in [3.63, 3.8) is 0 Å². The van der Waals surface area contributed by atoms with Gasteiger partial charge in [-0.3, -0.25) is 4.90 Å². The second kappa shape index (κ2) is 6.37. The zero-order valence-corrected chi connectivity index (χ0v) is 11.9. The van der Waals surface area contributed by atoms with Crippen LogP contribution in [-0.4, -0.2) is 33.1 Å². The summed E-state index contributed by atoms with van der Waals surface area (Å²) in [5.41, 5.74) is 0.806. The smallest absolute Gasteiger partial charge is 0.123 e. The highest BCUT2D eigenvalue weighted by Crippen LogP contribution is 2.31. The molecule has 1 unspecified atom stereocenters. The fourth-order valence-corrected chi connectivity index (χ4v) is 2.96. The number of H-pyrrole nitrogens is 1. The number of nitrogens with one attached hydrogen (secondary N) is 1. The number of imidazole rings is 1. The van der Waals surface area contributed by atoms with Gasteiger partial charge in [0.15, 0.2) is 0 Å². The Balaban J connectivity index is 1.54. The van der Waals surface area contributed by atoms with Crippen molar-refractivity contribution in [3.8, 4) is 0 Å². The van der Waals surface area contributed by atoms with E-state index < -0.39 is 6.10 Å². The van der Waals surface area contributed by atoms with Gasteiger partial charge in [-0.15, -0.1) is 0 Å². The first-order chi connectivity index (χ1) is 10.2. The van der Waals surface area contributed by atoms with E-state index in [1.807, 2.05) is 6.20 Å². The molecule has 4 nitrogen and oxygen atoms in total. The van der Waals surface area contributed by atoms with Gasteiger partial charge in [-0.2, -0.15) is 0 Å². The molecule has 0 amide bonds. The number of halogens is 1. The molecule has 1 atom stereocenters. The maximum atomic E-state index is 12.9. The van der Waals surface area contributed by atoms with Crippen LogP contribution in [0.5, 0.6) is 0 Å². The minimum absolute atomic E-state index is 0.239. The van der Waals surface area contributed by atoms with Crippen LogP contribution in [0.25, 0.3) is 0 Å². The Morgan fingerprint density at radius 3 is 2.62 bits per heavy atom. The molecular weight excluding hydrogens is 269 g/mol. The average Bonchev–Trinajstić information content (AvgIpc) is 3.01. The van der Waals surface area contributed by atoms with Crippen molar-refractivity contribution >= 4 is 0 Å².